The molecule has 0 radical (unpaired) electrons. The van der Waals surface area contributed by atoms with E-state index in [1.165, 1.54) is 5.56 Å². The second-order valence-electron chi connectivity index (χ2n) is 6.67. The molecule has 1 aliphatic heterocycles. The van der Waals surface area contributed by atoms with Gasteiger partial charge in [0.15, 0.2) is 5.65 Å². The lowest BCUT2D eigenvalue weighted by molar-refractivity contribution is 0.0677. The summed E-state index contributed by atoms with van der Waals surface area (Å²) in [6.45, 7) is 6.84. The molecule has 2 aromatic heterocycles. The van der Waals surface area contributed by atoms with Gasteiger partial charge in [-0.2, -0.15) is 0 Å². The highest BCUT2D eigenvalue weighted by molar-refractivity contribution is 5.37. The second kappa shape index (κ2) is 5.35. The molecule has 0 amide bonds. The Morgan fingerprint density at radius 2 is 2.09 bits per heavy atom. The molecule has 0 fully saturated rings. The van der Waals surface area contributed by atoms with Crippen molar-refractivity contribution < 1.29 is 4.74 Å². The van der Waals surface area contributed by atoms with Gasteiger partial charge in [-0.15, -0.1) is 0 Å². The fourth-order valence-electron chi connectivity index (χ4n) is 3.25. The lowest BCUT2D eigenvalue weighted by atomic mass is 10.1. The Balaban J connectivity index is 1.66. The van der Waals surface area contributed by atoms with Crippen molar-refractivity contribution in [3.8, 4) is 5.75 Å². The van der Waals surface area contributed by atoms with Crippen molar-refractivity contribution in [1.29, 1.82) is 0 Å². The predicted octanol–water partition coefficient (Wildman–Crippen LogP) is 2.90. The third kappa shape index (κ3) is 2.80. The number of hydrogen-bond acceptors (Lipinski definition) is 4. The Bertz CT molecular complexity index is 840. The molecule has 118 valence electrons. The smallest absolute Gasteiger partial charge is 0.155 e. The van der Waals surface area contributed by atoms with Crippen LogP contribution in [0.25, 0.3) is 5.65 Å². The van der Waals surface area contributed by atoms with Crippen molar-refractivity contribution in [1.82, 2.24) is 19.3 Å². The van der Waals surface area contributed by atoms with Crippen LogP contribution in [0.5, 0.6) is 5.75 Å². The minimum atomic E-state index is -0.228. The standard InChI is InChI=1S/C18H20N4O/c1-18(2)13-21(11-14-5-3-4-6-16(14)23-18)12-15-9-20-17-10-19-7-8-22(15)17/h3-10H,11-13H2,1-2H3. The van der Waals surface area contributed by atoms with Crippen LogP contribution < -0.4 is 4.74 Å². The van der Waals surface area contributed by atoms with E-state index in [1.807, 2.05) is 18.5 Å². The summed E-state index contributed by atoms with van der Waals surface area (Å²) in [4.78, 5) is 11.0. The van der Waals surface area contributed by atoms with E-state index in [1.54, 1.807) is 12.4 Å². The van der Waals surface area contributed by atoms with Crippen molar-refractivity contribution >= 4 is 5.65 Å². The maximum atomic E-state index is 6.21. The number of nitrogens with zero attached hydrogens (tertiary/aromatic N) is 4. The number of aromatic nitrogens is 3. The molecule has 0 spiro atoms. The van der Waals surface area contributed by atoms with Crippen LogP contribution in [0, 0.1) is 0 Å². The zero-order chi connectivity index (χ0) is 15.9. The Kier molecular flexibility index (Phi) is 3.31. The Labute approximate surface area is 135 Å². The second-order valence-corrected chi connectivity index (χ2v) is 6.67. The van der Waals surface area contributed by atoms with Crippen molar-refractivity contribution in [2.45, 2.75) is 32.5 Å². The third-order valence-corrected chi connectivity index (χ3v) is 4.14. The minimum Gasteiger partial charge on any atom is -0.486 e. The number of imidazole rings is 1. The lowest BCUT2D eigenvalue weighted by Gasteiger charge is -2.29. The minimum absolute atomic E-state index is 0.228. The Hall–Kier alpha value is -2.40. The first-order valence-corrected chi connectivity index (χ1v) is 7.86. The molecule has 4 rings (SSSR count). The van der Waals surface area contributed by atoms with E-state index in [4.69, 9.17) is 4.74 Å². The van der Waals surface area contributed by atoms with Gasteiger partial charge in [-0.1, -0.05) is 18.2 Å². The summed E-state index contributed by atoms with van der Waals surface area (Å²) in [5, 5.41) is 0. The van der Waals surface area contributed by atoms with Crippen LogP contribution in [0.4, 0.5) is 0 Å². The third-order valence-electron chi connectivity index (χ3n) is 4.14. The maximum Gasteiger partial charge on any atom is 0.155 e. The fourth-order valence-corrected chi connectivity index (χ4v) is 3.25. The molecule has 0 unspecified atom stereocenters. The summed E-state index contributed by atoms with van der Waals surface area (Å²) in [7, 11) is 0. The molecule has 0 saturated heterocycles. The molecule has 0 aliphatic carbocycles. The molecular weight excluding hydrogens is 288 g/mol. The van der Waals surface area contributed by atoms with Crippen LogP contribution >= 0.6 is 0 Å². The maximum absolute atomic E-state index is 6.21. The van der Waals surface area contributed by atoms with Gasteiger partial charge < -0.3 is 4.74 Å². The summed E-state index contributed by atoms with van der Waals surface area (Å²) in [6, 6.07) is 8.29. The summed E-state index contributed by atoms with van der Waals surface area (Å²) in [6.07, 6.45) is 7.48. The van der Waals surface area contributed by atoms with Gasteiger partial charge in [0.05, 0.1) is 18.1 Å². The first kappa shape index (κ1) is 14.2. The first-order valence-electron chi connectivity index (χ1n) is 7.86. The average Bonchev–Trinajstić information content (AvgIpc) is 2.85. The van der Waals surface area contributed by atoms with Crippen LogP contribution in [-0.4, -0.2) is 31.4 Å². The highest BCUT2D eigenvalue weighted by atomic mass is 16.5. The van der Waals surface area contributed by atoms with E-state index in [2.05, 4.69) is 51.3 Å². The number of fused-ring (bicyclic) bond motifs is 2. The van der Waals surface area contributed by atoms with Gasteiger partial charge in [0.1, 0.15) is 11.4 Å². The average molecular weight is 308 g/mol. The van der Waals surface area contributed by atoms with Crippen LogP contribution in [-0.2, 0) is 13.1 Å². The fraction of sp³-hybridized carbons (Fsp3) is 0.333. The highest BCUT2D eigenvalue weighted by Crippen LogP contribution is 2.29. The van der Waals surface area contributed by atoms with Gasteiger partial charge in [0, 0.05) is 37.6 Å². The normalized spacial score (nSPS) is 17.5. The molecule has 5 heteroatoms. The van der Waals surface area contributed by atoms with Gasteiger partial charge in [0.25, 0.3) is 0 Å². The van der Waals surface area contributed by atoms with Crippen molar-refractivity contribution in [2.75, 3.05) is 6.54 Å². The molecule has 3 aromatic rings. The van der Waals surface area contributed by atoms with E-state index in [9.17, 15) is 0 Å². The van der Waals surface area contributed by atoms with E-state index in [-0.39, 0.29) is 5.60 Å². The molecule has 0 N–H and O–H groups in total. The number of ether oxygens (including phenoxy) is 1. The van der Waals surface area contributed by atoms with E-state index >= 15 is 0 Å². The van der Waals surface area contributed by atoms with Crippen LogP contribution in [0.15, 0.2) is 49.1 Å². The van der Waals surface area contributed by atoms with Gasteiger partial charge >= 0.3 is 0 Å². The molecular formula is C18H20N4O. The summed E-state index contributed by atoms with van der Waals surface area (Å²) in [5.41, 5.74) is 3.05. The molecule has 0 bridgehead atoms. The summed E-state index contributed by atoms with van der Waals surface area (Å²) < 4.78 is 8.30. The van der Waals surface area contributed by atoms with Crippen molar-refractivity contribution in [3.63, 3.8) is 0 Å². The molecule has 3 heterocycles. The molecule has 1 aliphatic rings. The van der Waals surface area contributed by atoms with Crippen molar-refractivity contribution in [3.05, 3.63) is 60.3 Å². The van der Waals surface area contributed by atoms with Crippen LogP contribution in [0.1, 0.15) is 25.1 Å². The summed E-state index contributed by atoms with van der Waals surface area (Å²) in [5.74, 6) is 0.988. The lowest BCUT2D eigenvalue weighted by Crippen LogP contribution is -2.40. The van der Waals surface area contributed by atoms with E-state index < -0.39 is 0 Å². The zero-order valence-electron chi connectivity index (χ0n) is 13.4. The molecule has 5 nitrogen and oxygen atoms in total. The van der Waals surface area contributed by atoms with Crippen molar-refractivity contribution in [2.24, 2.45) is 0 Å². The number of para-hydroxylation sites is 1. The van der Waals surface area contributed by atoms with Gasteiger partial charge in [-0.25, -0.2) is 4.98 Å². The number of hydrogen-bond donors (Lipinski definition) is 0. The monoisotopic (exact) mass is 308 g/mol. The predicted molar refractivity (Wildman–Crippen MR) is 88.3 cm³/mol. The summed E-state index contributed by atoms with van der Waals surface area (Å²) >= 11 is 0. The number of rotatable bonds is 2. The van der Waals surface area contributed by atoms with Gasteiger partial charge in [0.2, 0.25) is 0 Å². The van der Waals surface area contributed by atoms with Crippen LogP contribution in [0.2, 0.25) is 0 Å². The molecule has 0 saturated carbocycles. The van der Waals surface area contributed by atoms with Gasteiger partial charge in [-0.3, -0.25) is 14.3 Å². The first-order chi connectivity index (χ1) is 11.1. The largest absolute Gasteiger partial charge is 0.486 e. The van der Waals surface area contributed by atoms with E-state index in [0.29, 0.717) is 0 Å². The molecule has 23 heavy (non-hydrogen) atoms. The van der Waals surface area contributed by atoms with Crippen LogP contribution in [0.3, 0.4) is 0 Å². The van der Waals surface area contributed by atoms with Gasteiger partial charge in [-0.05, 0) is 19.9 Å². The SMILES string of the molecule is CC1(C)CN(Cc2cnc3cnccn23)Cc2ccccc2O1. The Morgan fingerprint density at radius 1 is 1.22 bits per heavy atom. The molecule has 0 atom stereocenters. The zero-order valence-corrected chi connectivity index (χ0v) is 13.4. The Morgan fingerprint density at radius 3 is 3.00 bits per heavy atom. The topological polar surface area (TPSA) is 42.7 Å². The highest BCUT2D eigenvalue weighted by Gasteiger charge is 2.29. The molecule has 1 aromatic carbocycles. The quantitative estimate of drug-likeness (QED) is 0.730. The number of benzene rings is 1. The van der Waals surface area contributed by atoms with E-state index in [0.717, 1.165) is 36.7 Å².